The standard InChI is InChI=1S/C17H22N4OS/c1-23-17(19-12-18)21-15-9-7-13(8-10-15)11-16(22)20-14-5-3-2-4-6-14/h7-10,14H,2-6,11H2,1H3,(H,19,21)(H,20,22). The fraction of sp³-hybridized carbons (Fsp3) is 0.471. The molecule has 2 rings (SSSR count). The quantitative estimate of drug-likeness (QED) is 0.385. The fourth-order valence-electron chi connectivity index (χ4n) is 2.69. The molecule has 0 aliphatic heterocycles. The molecule has 0 heterocycles. The van der Waals surface area contributed by atoms with Crippen LogP contribution in [0.25, 0.3) is 0 Å². The summed E-state index contributed by atoms with van der Waals surface area (Å²) >= 11 is 1.38. The van der Waals surface area contributed by atoms with Gasteiger partial charge in [0.1, 0.15) is 0 Å². The van der Waals surface area contributed by atoms with Crippen LogP contribution in [-0.4, -0.2) is 23.4 Å². The molecule has 5 nitrogen and oxygen atoms in total. The number of hydrogen-bond acceptors (Lipinski definition) is 4. The highest BCUT2D eigenvalue weighted by molar-refractivity contribution is 8.13. The highest BCUT2D eigenvalue weighted by atomic mass is 32.2. The third-order valence-corrected chi connectivity index (χ3v) is 4.44. The minimum atomic E-state index is 0.0871. The normalized spacial score (nSPS) is 15.7. The van der Waals surface area contributed by atoms with Gasteiger partial charge in [0.2, 0.25) is 5.91 Å². The Bertz CT molecular complexity index is 586. The van der Waals surface area contributed by atoms with Crippen molar-refractivity contribution in [2.45, 2.75) is 44.6 Å². The fourth-order valence-corrected chi connectivity index (χ4v) is 3.03. The van der Waals surface area contributed by atoms with E-state index in [1.165, 1.54) is 31.0 Å². The molecule has 122 valence electrons. The summed E-state index contributed by atoms with van der Waals surface area (Å²) in [5.74, 6) is 0.0871. The minimum absolute atomic E-state index is 0.0871. The smallest absolute Gasteiger partial charge is 0.224 e. The van der Waals surface area contributed by atoms with Crippen LogP contribution in [-0.2, 0) is 11.2 Å². The van der Waals surface area contributed by atoms with Crippen molar-refractivity contribution in [1.82, 2.24) is 10.6 Å². The third kappa shape index (κ3) is 5.95. The number of amides is 1. The zero-order chi connectivity index (χ0) is 16.5. The first-order valence-electron chi connectivity index (χ1n) is 7.87. The van der Waals surface area contributed by atoms with Gasteiger partial charge in [0.25, 0.3) is 0 Å². The second-order valence-corrected chi connectivity index (χ2v) is 6.40. The molecule has 23 heavy (non-hydrogen) atoms. The maximum Gasteiger partial charge on any atom is 0.224 e. The van der Waals surface area contributed by atoms with Crippen molar-refractivity contribution in [3.63, 3.8) is 0 Å². The van der Waals surface area contributed by atoms with E-state index in [0.717, 1.165) is 24.1 Å². The summed E-state index contributed by atoms with van der Waals surface area (Å²) in [4.78, 5) is 16.4. The molecule has 2 N–H and O–H groups in total. The average Bonchev–Trinajstić information content (AvgIpc) is 2.57. The van der Waals surface area contributed by atoms with Gasteiger partial charge in [-0.2, -0.15) is 5.26 Å². The van der Waals surface area contributed by atoms with Gasteiger partial charge >= 0.3 is 0 Å². The van der Waals surface area contributed by atoms with Crippen LogP contribution in [0.1, 0.15) is 37.7 Å². The van der Waals surface area contributed by atoms with Crippen LogP contribution < -0.4 is 10.6 Å². The molecule has 1 fully saturated rings. The maximum atomic E-state index is 12.1. The van der Waals surface area contributed by atoms with E-state index in [1.54, 1.807) is 0 Å². The molecule has 1 amide bonds. The van der Waals surface area contributed by atoms with E-state index >= 15 is 0 Å². The van der Waals surface area contributed by atoms with Crippen molar-refractivity contribution in [3.05, 3.63) is 29.8 Å². The van der Waals surface area contributed by atoms with Gasteiger partial charge in [-0.15, -0.1) is 0 Å². The van der Waals surface area contributed by atoms with Gasteiger partial charge in [0.05, 0.1) is 12.1 Å². The molecule has 0 unspecified atom stereocenters. The highest BCUT2D eigenvalue weighted by Crippen LogP contribution is 2.18. The predicted octanol–water partition coefficient (Wildman–Crippen LogP) is 3.10. The van der Waals surface area contributed by atoms with Crippen LogP contribution in [0.5, 0.6) is 0 Å². The number of nitriles is 1. The number of thioether (sulfide) groups is 1. The molecule has 1 aromatic rings. The van der Waals surface area contributed by atoms with Gasteiger partial charge < -0.3 is 5.32 Å². The number of benzene rings is 1. The van der Waals surface area contributed by atoms with E-state index in [2.05, 4.69) is 15.6 Å². The molecular formula is C17H22N4OS. The third-order valence-electron chi connectivity index (χ3n) is 3.86. The van der Waals surface area contributed by atoms with Gasteiger partial charge in [-0.3, -0.25) is 10.1 Å². The number of nitrogens with one attached hydrogen (secondary N) is 2. The molecule has 0 saturated heterocycles. The summed E-state index contributed by atoms with van der Waals surface area (Å²) in [5.41, 5.74) is 1.73. The molecule has 0 atom stereocenters. The lowest BCUT2D eigenvalue weighted by molar-refractivity contribution is -0.121. The van der Waals surface area contributed by atoms with E-state index in [9.17, 15) is 4.79 Å². The van der Waals surface area contributed by atoms with Crippen LogP contribution in [0.3, 0.4) is 0 Å². The second-order valence-electron chi connectivity index (χ2n) is 5.60. The Balaban J connectivity index is 1.89. The number of carbonyl (C=O) groups is 1. The first kappa shape index (κ1) is 17.4. The Morgan fingerprint density at radius 1 is 1.30 bits per heavy atom. The molecule has 0 aromatic heterocycles. The van der Waals surface area contributed by atoms with Crippen molar-refractivity contribution >= 4 is 28.5 Å². The molecule has 1 saturated carbocycles. The number of amidine groups is 1. The predicted molar refractivity (Wildman–Crippen MR) is 94.5 cm³/mol. The molecule has 1 aromatic carbocycles. The van der Waals surface area contributed by atoms with Crippen molar-refractivity contribution in [2.75, 3.05) is 6.26 Å². The average molecular weight is 330 g/mol. The van der Waals surface area contributed by atoms with Crippen LogP contribution in [0.4, 0.5) is 5.69 Å². The Morgan fingerprint density at radius 2 is 2.00 bits per heavy atom. The van der Waals surface area contributed by atoms with Gasteiger partial charge in [0, 0.05) is 6.04 Å². The van der Waals surface area contributed by atoms with Gasteiger partial charge in [0.15, 0.2) is 11.4 Å². The molecule has 1 aliphatic carbocycles. The number of carbonyl (C=O) groups excluding carboxylic acids is 1. The monoisotopic (exact) mass is 330 g/mol. The summed E-state index contributed by atoms with van der Waals surface area (Å²) in [6, 6.07) is 7.88. The summed E-state index contributed by atoms with van der Waals surface area (Å²) in [6.07, 6.45) is 10.0. The Hall–Kier alpha value is -2.00. The van der Waals surface area contributed by atoms with E-state index < -0.39 is 0 Å². The highest BCUT2D eigenvalue weighted by Gasteiger charge is 2.15. The molecule has 6 heteroatoms. The van der Waals surface area contributed by atoms with Gasteiger partial charge in [-0.1, -0.05) is 43.2 Å². The largest absolute Gasteiger partial charge is 0.353 e. The maximum absolute atomic E-state index is 12.1. The Morgan fingerprint density at radius 3 is 2.61 bits per heavy atom. The zero-order valence-electron chi connectivity index (χ0n) is 13.3. The van der Waals surface area contributed by atoms with Crippen molar-refractivity contribution < 1.29 is 4.79 Å². The topological polar surface area (TPSA) is 77.3 Å². The SMILES string of the molecule is CSC(=Nc1ccc(CC(=O)NC2CCCCC2)cc1)NC#N. The first-order valence-corrected chi connectivity index (χ1v) is 9.10. The summed E-state index contributed by atoms with van der Waals surface area (Å²) in [7, 11) is 0. The van der Waals surface area contributed by atoms with E-state index in [1.807, 2.05) is 36.7 Å². The number of nitrogens with zero attached hydrogens (tertiary/aromatic N) is 2. The zero-order valence-corrected chi connectivity index (χ0v) is 14.2. The summed E-state index contributed by atoms with van der Waals surface area (Å²) < 4.78 is 0. The molecule has 0 bridgehead atoms. The van der Waals surface area contributed by atoms with Gasteiger partial charge in [-0.25, -0.2) is 4.99 Å². The first-order chi connectivity index (χ1) is 11.2. The van der Waals surface area contributed by atoms with E-state index in [4.69, 9.17) is 5.26 Å². The minimum Gasteiger partial charge on any atom is -0.353 e. The van der Waals surface area contributed by atoms with Crippen molar-refractivity contribution in [1.29, 1.82) is 5.26 Å². The Kier molecular flexibility index (Phi) is 6.95. The molecule has 1 aliphatic rings. The van der Waals surface area contributed by atoms with Crippen LogP contribution in [0.15, 0.2) is 29.3 Å². The summed E-state index contributed by atoms with van der Waals surface area (Å²) in [5, 5.41) is 14.8. The summed E-state index contributed by atoms with van der Waals surface area (Å²) in [6.45, 7) is 0. The number of rotatable bonds is 4. The van der Waals surface area contributed by atoms with Crippen LogP contribution in [0, 0.1) is 11.5 Å². The van der Waals surface area contributed by atoms with Crippen molar-refractivity contribution in [2.24, 2.45) is 4.99 Å². The Labute approximate surface area is 141 Å². The van der Waals surface area contributed by atoms with Crippen molar-refractivity contribution in [3.8, 4) is 6.19 Å². The van der Waals surface area contributed by atoms with Crippen LogP contribution >= 0.6 is 11.8 Å². The molecular weight excluding hydrogens is 308 g/mol. The van der Waals surface area contributed by atoms with Crippen LogP contribution in [0.2, 0.25) is 0 Å². The lowest BCUT2D eigenvalue weighted by atomic mass is 9.95. The van der Waals surface area contributed by atoms with Gasteiger partial charge in [-0.05, 0) is 36.8 Å². The second kappa shape index (κ2) is 9.21. The molecule has 0 radical (unpaired) electrons. The van der Waals surface area contributed by atoms with E-state index in [-0.39, 0.29) is 5.91 Å². The number of hydrogen-bond donors (Lipinski definition) is 2. The van der Waals surface area contributed by atoms with E-state index in [0.29, 0.717) is 17.6 Å². The lowest BCUT2D eigenvalue weighted by Gasteiger charge is -2.22. The lowest BCUT2D eigenvalue weighted by Crippen LogP contribution is -2.37. The number of aliphatic imine (C=N–C) groups is 1. The molecule has 0 spiro atoms.